The average Bonchev–Trinajstić information content (AvgIpc) is 3.60. The third kappa shape index (κ3) is 5.60. The van der Waals surface area contributed by atoms with Gasteiger partial charge in [-0.3, -0.25) is 9.59 Å². The minimum atomic E-state index is -0.107. The van der Waals surface area contributed by atoms with Crippen molar-refractivity contribution in [2.24, 2.45) is 0 Å². The van der Waals surface area contributed by atoms with Gasteiger partial charge in [0.05, 0.1) is 20.8 Å². The smallest absolute Gasteiger partial charge is 0.254 e. The van der Waals surface area contributed by atoms with Crippen LogP contribution in [0.5, 0.6) is 11.5 Å². The van der Waals surface area contributed by atoms with Crippen LogP contribution in [-0.2, 0) is 13.0 Å². The number of thiazole rings is 1. The molecule has 0 atom stereocenters. The van der Waals surface area contributed by atoms with Gasteiger partial charge in [-0.15, -0.1) is 11.3 Å². The first-order valence-electron chi connectivity index (χ1n) is 11.1. The molecule has 0 aliphatic heterocycles. The molecule has 33 heavy (non-hydrogen) atoms. The van der Waals surface area contributed by atoms with Gasteiger partial charge in [0.25, 0.3) is 5.91 Å². The van der Waals surface area contributed by atoms with Gasteiger partial charge in [0.15, 0.2) is 6.29 Å². The lowest BCUT2D eigenvalue weighted by Crippen LogP contribution is -2.32. The predicted molar refractivity (Wildman–Crippen MR) is 129 cm³/mol. The highest BCUT2D eigenvalue weighted by Gasteiger charge is 2.32. The van der Waals surface area contributed by atoms with E-state index in [9.17, 15) is 9.59 Å². The van der Waals surface area contributed by atoms with Crippen LogP contribution >= 0.6 is 11.3 Å². The van der Waals surface area contributed by atoms with Crippen molar-refractivity contribution in [3.8, 4) is 11.5 Å². The minimum Gasteiger partial charge on any atom is -0.496 e. The zero-order chi connectivity index (χ0) is 23.2. The van der Waals surface area contributed by atoms with Crippen LogP contribution in [0.4, 0.5) is 0 Å². The van der Waals surface area contributed by atoms with E-state index >= 15 is 0 Å². The van der Waals surface area contributed by atoms with Gasteiger partial charge >= 0.3 is 0 Å². The van der Waals surface area contributed by atoms with E-state index in [0.29, 0.717) is 41.8 Å². The molecule has 4 rings (SSSR count). The van der Waals surface area contributed by atoms with Crippen molar-refractivity contribution >= 4 is 23.5 Å². The topological polar surface area (TPSA) is 68.7 Å². The third-order valence-corrected chi connectivity index (χ3v) is 6.67. The van der Waals surface area contributed by atoms with Crippen LogP contribution < -0.4 is 9.47 Å². The zero-order valence-electron chi connectivity index (χ0n) is 19.0. The van der Waals surface area contributed by atoms with E-state index in [4.69, 9.17) is 9.47 Å². The van der Waals surface area contributed by atoms with Crippen LogP contribution in [-0.4, -0.2) is 42.8 Å². The highest BCUT2D eigenvalue weighted by Crippen LogP contribution is 2.49. The third-order valence-electron chi connectivity index (χ3n) is 5.82. The summed E-state index contributed by atoms with van der Waals surface area (Å²) in [6.45, 7) is 0.917. The highest BCUT2D eigenvalue weighted by atomic mass is 32.1. The Morgan fingerprint density at radius 2 is 1.85 bits per heavy atom. The standard InChI is InChI=1S/C26H28N2O4S/c1-31-22-13-20(14-23(32-2)25(22)19-10-11-19)26(30)28(15-24-27-21(16-29)17-33-24)12-6-9-18-7-4-3-5-8-18/h3-5,7-8,13-14,16-17,19H,6,9-12,15H2,1-2H3. The molecule has 1 aromatic heterocycles. The van der Waals surface area contributed by atoms with E-state index in [1.54, 1.807) is 24.5 Å². The summed E-state index contributed by atoms with van der Waals surface area (Å²) in [7, 11) is 3.26. The Morgan fingerprint density at radius 3 is 2.42 bits per heavy atom. The van der Waals surface area contributed by atoms with Crippen LogP contribution in [0.2, 0.25) is 0 Å². The highest BCUT2D eigenvalue weighted by molar-refractivity contribution is 7.09. The molecule has 0 bridgehead atoms. The Morgan fingerprint density at radius 1 is 1.15 bits per heavy atom. The maximum absolute atomic E-state index is 13.6. The molecule has 7 heteroatoms. The van der Waals surface area contributed by atoms with Gasteiger partial charge in [0.2, 0.25) is 0 Å². The molecule has 1 aliphatic carbocycles. The SMILES string of the molecule is COc1cc(C(=O)N(CCCc2ccccc2)Cc2nc(C=O)cs2)cc(OC)c1C1CC1. The Balaban J connectivity index is 1.57. The first-order chi connectivity index (χ1) is 16.1. The first-order valence-corrected chi connectivity index (χ1v) is 12.0. The number of carbonyl (C=O) groups is 2. The van der Waals surface area contributed by atoms with Crippen molar-refractivity contribution in [1.82, 2.24) is 9.88 Å². The fourth-order valence-corrected chi connectivity index (χ4v) is 4.76. The number of benzene rings is 2. The van der Waals surface area contributed by atoms with E-state index in [-0.39, 0.29) is 5.91 Å². The summed E-state index contributed by atoms with van der Waals surface area (Å²) in [5.74, 6) is 1.71. The van der Waals surface area contributed by atoms with Gasteiger partial charge in [-0.1, -0.05) is 30.3 Å². The van der Waals surface area contributed by atoms with Gasteiger partial charge in [-0.2, -0.15) is 0 Å². The number of methoxy groups -OCH3 is 2. The number of hydrogen-bond acceptors (Lipinski definition) is 6. The first kappa shape index (κ1) is 23.0. The largest absolute Gasteiger partial charge is 0.496 e. The van der Waals surface area contributed by atoms with Gasteiger partial charge in [-0.05, 0) is 49.3 Å². The Hall–Kier alpha value is -3.19. The number of aromatic nitrogens is 1. The van der Waals surface area contributed by atoms with E-state index < -0.39 is 0 Å². The maximum atomic E-state index is 13.6. The van der Waals surface area contributed by atoms with Crippen molar-refractivity contribution in [2.75, 3.05) is 20.8 Å². The summed E-state index contributed by atoms with van der Waals surface area (Å²) in [5, 5.41) is 2.45. The van der Waals surface area contributed by atoms with Crippen LogP contribution in [0.1, 0.15) is 62.2 Å². The summed E-state index contributed by atoms with van der Waals surface area (Å²) in [5.41, 5.74) is 3.20. The zero-order valence-corrected chi connectivity index (χ0v) is 19.8. The van der Waals surface area contributed by atoms with Crippen molar-refractivity contribution < 1.29 is 19.1 Å². The number of aryl methyl sites for hydroxylation is 1. The van der Waals surface area contributed by atoms with Gasteiger partial charge < -0.3 is 14.4 Å². The molecule has 1 fully saturated rings. The van der Waals surface area contributed by atoms with E-state index in [1.807, 2.05) is 30.3 Å². The summed E-state index contributed by atoms with van der Waals surface area (Å²) in [6, 6.07) is 13.9. The molecule has 1 saturated carbocycles. The quantitative estimate of drug-likeness (QED) is 0.368. The number of rotatable bonds is 11. The van der Waals surface area contributed by atoms with E-state index in [2.05, 4.69) is 17.1 Å². The monoisotopic (exact) mass is 464 g/mol. The Bertz CT molecular complexity index is 1080. The predicted octanol–water partition coefficient (Wildman–Crippen LogP) is 5.13. The average molecular weight is 465 g/mol. The molecule has 0 unspecified atom stereocenters. The lowest BCUT2D eigenvalue weighted by atomic mass is 10.0. The Kier molecular flexibility index (Phi) is 7.40. The minimum absolute atomic E-state index is 0.107. The number of ether oxygens (including phenoxy) is 2. The number of carbonyl (C=O) groups excluding carboxylic acids is 2. The van der Waals surface area contributed by atoms with E-state index in [0.717, 1.165) is 42.5 Å². The lowest BCUT2D eigenvalue weighted by molar-refractivity contribution is 0.0740. The van der Waals surface area contributed by atoms with Crippen molar-refractivity contribution in [3.63, 3.8) is 0 Å². The second-order valence-electron chi connectivity index (χ2n) is 8.17. The normalized spacial score (nSPS) is 12.9. The molecule has 1 amide bonds. The molecule has 0 saturated heterocycles. The molecule has 0 N–H and O–H groups in total. The van der Waals surface area contributed by atoms with Crippen LogP contribution in [0.3, 0.4) is 0 Å². The fraction of sp³-hybridized carbons (Fsp3) is 0.346. The van der Waals surface area contributed by atoms with Gasteiger partial charge in [-0.25, -0.2) is 4.98 Å². The maximum Gasteiger partial charge on any atom is 0.254 e. The molecular formula is C26H28N2O4S. The van der Waals surface area contributed by atoms with Gasteiger partial charge in [0.1, 0.15) is 22.2 Å². The van der Waals surface area contributed by atoms with E-state index in [1.165, 1.54) is 16.9 Å². The lowest BCUT2D eigenvalue weighted by Gasteiger charge is -2.23. The van der Waals surface area contributed by atoms with Crippen LogP contribution in [0, 0.1) is 0 Å². The molecular weight excluding hydrogens is 436 g/mol. The van der Waals surface area contributed by atoms with Crippen molar-refractivity contribution in [3.05, 3.63) is 75.2 Å². The van der Waals surface area contributed by atoms with Gasteiger partial charge in [0, 0.05) is 23.1 Å². The second-order valence-corrected chi connectivity index (χ2v) is 9.11. The number of aldehydes is 1. The fourth-order valence-electron chi connectivity index (χ4n) is 4.01. The van der Waals surface area contributed by atoms with Crippen LogP contribution in [0.15, 0.2) is 47.8 Å². The summed E-state index contributed by atoms with van der Waals surface area (Å²) >= 11 is 1.39. The number of amides is 1. The summed E-state index contributed by atoms with van der Waals surface area (Å²) in [4.78, 5) is 30.8. The molecule has 1 heterocycles. The molecule has 6 nitrogen and oxygen atoms in total. The molecule has 0 spiro atoms. The molecule has 172 valence electrons. The molecule has 2 aromatic carbocycles. The summed E-state index contributed by atoms with van der Waals surface area (Å²) < 4.78 is 11.3. The van der Waals surface area contributed by atoms with Crippen molar-refractivity contribution in [1.29, 1.82) is 0 Å². The Labute approximate surface area is 198 Å². The van der Waals surface area contributed by atoms with Crippen molar-refractivity contribution in [2.45, 2.75) is 38.1 Å². The molecule has 3 aromatic rings. The molecule has 1 aliphatic rings. The molecule has 0 radical (unpaired) electrons. The number of nitrogens with zero attached hydrogens (tertiary/aromatic N) is 2. The second kappa shape index (κ2) is 10.6. The summed E-state index contributed by atoms with van der Waals surface area (Å²) in [6.07, 6.45) is 4.63. The van der Waals surface area contributed by atoms with Crippen LogP contribution in [0.25, 0.3) is 0 Å². The number of hydrogen-bond donors (Lipinski definition) is 0.